The van der Waals surface area contributed by atoms with E-state index in [2.05, 4.69) is 12.1 Å². The van der Waals surface area contributed by atoms with Gasteiger partial charge in [0, 0.05) is 0 Å². The second-order valence-electron chi connectivity index (χ2n) is 3.87. The van der Waals surface area contributed by atoms with Crippen LogP contribution in [0.15, 0.2) is 72.8 Å². The summed E-state index contributed by atoms with van der Waals surface area (Å²) >= 11 is 0. The fourth-order valence-electron chi connectivity index (χ4n) is 1.64. The zero-order chi connectivity index (χ0) is 11.9. The lowest BCUT2D eigenvalue weighted by atomic mass is 10.1. The van der Waals surface area contributed by atoms with E-state index in [1.807, 2.05) is 60.7 Å². The van der Waals surface area contributed by atoms with E-state index in [4.69, 9.17) is 5.41 Å². The smallest absolute Gasteiger partial charge is 0.0609 e. The number of hydrogen-bond acceptors (Lipinski definition) is 1. The van der Waals surface area contributed by atoms with Crippen LogP contribution in [-0.2, 0) is 6.42 Å². The van der Waals surface area contributed by atoms with Gasteiger partial charge in [0.1, 0.15) is 0 Å². The molecule has 1 N–H and O–H groups in total. The lowest BCUT2D eigenvalue weighted by Crippen LogP contribution is -1.93. The molecule has 0 bridgehead atoms. The molecule has 2 aromatic carbocycles. The third-order valence-corrected chi connectivity index (χ3v) is 2.57. The van der Waals surface area contributed by atoms with Crippen LogP contribution in [0.25, 0.3) is 0 Å². The minimum atomic E-state index is 0.557. The van der Waals surface area contributed by atoms with Crippen LogP contribution in [0, 0.1) is 5.41 Å². The number of nitrogens with one attached hydrogen (secondary N) is 1. The largest absolute Gasteiger partial charge is 0.300 e. The first kappa shape index (κ1) is 11.3. The average Bonchev–Trinajstić information content (AvgIpc) is 2.41. The van der Waals surface area contributed by atoms with E-state index >= 15 is 0 Å². The quantitative estimate of drug-likeness (QED) is 0.758. The van der Waals surface area contributed by atoms with E-state index < -0.39 is 0 Å². The Hall–Kier alpha value is -2.15. The van der Waals surface area contributed by atoms with Gasteiger partial charge in [0.15, 0.2) is 0 Å². The second kappa shape index (κ2) is 5.80. The van der Waals surface area contributed by atoms with Crippen molar-refractivity contribution >= 4 is 5.71 Å². The predicted molar refractivity (Wildman–Crippen MR) is 72.6 cm³/mol. The van der Waals surface area contributed by atoms with Crippen LogP contribution in [0.2, 0.25) is 0 Å². The van der Waals surface area contributed by atoms with E-state index in [0.717, 1.165) is 12.0 Å². The highest BCUT2D eigenvalue weighted by Crippen LogP contribution is 2.03. The van der Waals surface area contributed by atoms with Crippen LogP contribution >= 0.6 is 0 Å². The SMILES string of the molecule is N=C(/C=C\Cc1ccccc1)c1ccccc1. The Morgan fingerprint density at radius 3 is 2.12 bits per heavy atom. The molecule has 0 radical (unpaired) electrons. The number of hydrogen-bond donors (Lipinski definition) is 1. The van der Waals surface area contributed by atoms with Crippen molar-refractivity contribution in [1.29, 1.82) is 5.41 Å². The molecule has 0 aliphatic carbocycles. The fraction of sp³-hybridized carbons (Fsp3) is 0.0625. The summed E-state index contributed by atoms with van der Waals surface area (Å²) in [6, 6.07) is 20.0. The molecule has 2 rings (SSSR count). The van der Waals surface area contributed by atoms with Gasteiger partial charge >= 0.3 is 0 Å². The minimum absolute atomic E-state index is 0.557. The van der Waals surface area contributed by atoms with Crippen LogP contribution in [0.3, 0.4) is 0 Å². The van der Waals surface area contributed by atoms with Crippen molar-refractivity contribution in [3.05, 3.63) is 83.9 Å². The summed E-state index contributed by atoms with van der Waals surface area (Å²) in [4.78, 5) is 0. The van der Waals surface area contributed by atoms with Gasteiger partial charge in [0.25, 0.3) is 0 Å². The maximum atomic E-state index is 7.91. The molecule has 84 valence electrons. The van der Waals surface area contributed by atoms with E-state index in [1.54, 1.807) is 0 Å². The predicted octanol–water partition coefficient (Wildman–Crippen LogP) is 3.85. The number of allylic oxidation sites excluding steroid dienone is 2. The zero-order valence-corrected chi connectivity index (χ0v) is 9.64. The number of rotatable bonds is 4. The summed E-state index contributed by atoms with van der Waals surface area (Å²) < 4.78 is 0. The standard InChI is InChI=1S/C16H15N/c17-16(15-11-5-2-6-12-15)13-7-10-14-8-3-1-4-9-14/h1-9,11-13,17H,10H2/b13-7-,17-16?. The molecule has 0 fully saturated rings. The molecule has 0 aromatic heterocycles. The molecule has 0 spiro atoms. The lowest BCUT2D eigenvalue weighted by molar-refractivity contribution is 1.27. The molecule has 0 saturated carbocycles. The van der Waals surface area contributed by atoms with Gasteiger partial charge in [-0.1, -0.05) is 66.7 Å². The van der Waals surface area contributed by atoms with Gasteiger partial charge in [0.2, 0.25) is 0 Å². The first-order valence-corrected chi connectivity index (χ1v) is 5.71. The molecular weight excluding hydrogens is 206 g/mol. The summed E-state index contributed by atoms with van der Waals surface area (Å²) in [6.45, 7) is 0. The summed E-state index contributed by atoms with van der Waals surface area (Å²) in [5.74, 6) is 0. The van der Waals surface area contributed by atoms with Crippen LogP contribution < -0.4 is 0 Å². The third-order valence-electron chi connectivity index (χ3n) is 2.57. The molecule has 1 nitrogen and oxygen atoms in total. The summed E-state index contributed by atoms with van der Waals surface area (Å²) in [6.07, 6.45) is 4.77. The van der Waals surface area contributed by atoms with Crippen LogP contribution in [0.5, 0.6) is 0 Å². The molecule has 0 aliphatic rings. The lowest BCUT2D eigenvalue weighted by Gasteiger charge is -1.98. The molecule has 0 saturated heterocycles. The molecule has 0 atom stereocenters. The average molecular weight is 221 g/mol. The molecule has 0 unspecified atom stereocenters. The maximum Gasteiger partial charge on any atom is 0.0609 e. The van der Waals surface area contributed by atoms with Gasteiger partial charge in [-0.25, -0.2) is 0 Å². The molecular formula is C16H15N. The number of benzene rings is 2. The van der Waals surface area contributed by atoms with E-state index in [0.29, 0.717) is 5.71 Å². The fourth-order valence-corrected chi connectivity index (χ4v) is 1.64. The first-order chi connectivity index (χ1) is 8.36. The maximum absolute atomic E-state index is 7.91. The molecule has 2 aromatic rings. The van der Waals surface area contributed by atoms with E-state index in [1.165, 1.54) is 5.56 Å². The molecule has 1 heteroatoms. The van der Waals surface area contributed by atoms with Crippen molar-refractivity contribution in [3.63, 3.8) is 0 Å². The van der Waals surface area contributed by atoms with E-state index in [9.17, 15) is 0 Å². The Labute approximate surface area is 102 Å². The van der Waals surface area contributed by atoms with Gasteiger partial charge in [-0.05, 0) is 23.6 Å². The van der Waals surface area contributed by atoms with Crippen molar-refractivity contribution in [2.75, 3.05) is 0 Å². The Balaban J connectivity index is 1.96. The van der Waals surface area contributed by atoms with Crippen molar-refractivity contribution in [2.45, 2.75) is 6.42 Å². The second-order valence-corrected chi connectivity index (χ2v) is 3.87. The minimum Gasteiger partial charge on any atom is -0.300 e. The van der Waals surface area contributed by atoms with Crippen LogP contribution in [0.4, 0.5) is 0 Å². The summed E-state index contributed by atoms with van der Waals surface area (Å²) in [5, 5.41) is 7.91. The highest BCUT2D eigenvalue weighted by molar-refractivity contribution is 6.06. The van der Waals surface area contributed by atoms with Gasteiger partial charge in [-0.2, -0.15) is 0 Å². The third kappa shape index (κ3) is 3.42. The molecule has 17 heavy (non-hydrogen) atoms. The van der Waals surface area contributed by atoms with Crippen molar-refractivity contribution in [3.8, 4) is 0 Å². The van der Waals surface area contributed by atoms with Crippen molar-refractivity contribution in [2.24, 2.45) is 0 Å². The van der Waals surface area contributed by atoms with Crippen LogP contribution in [0.1, 0.15) is 11.1 Å². The molecule has 0 aliphatic heterocycles. The summed E-state index contributed by atoms with van der Waals surface area (Å²) in [7, 11) is 0. The van der Waals surface area contributed by atoms with Crippen molar-refractivity contribution < 1.29 is 0 Å². The Morgan fingerprint density at radius 1 is 0.882 bits per heavy atom. The van der Waals surface area contributed by atoms with E-state index in [-0.39, 0.29) is 0 Å². The highest BCUT2D eigenvalue weighted by Gasteiger charge is 1.94. The van der Waals surface area contributed by atoms with Crippen molar-refractivity contribution in [1.82, 2.24) is 0 Å². The van der Waals surface area contributed by atoms with Gasteiger partial charge in [-0.3, -0.25) is 0 Å². The Kier molecular flexibility index (Phi) is 3.87. The zero-order valence-electron chi connectivity index (χ0n) is 9.64. The molecule has 0 heterocycles. The van der Waals surface area contributed by atoms with Gasteiger partial charge in [0.05, 0.1) is 5.71 Å². The van der Waals surface area contributed by atoms with Crippen LogP contribution in [-0.4, -0.2) is 5.71 Å². The monoisotopic (exact) mass is 221 g/mol. The Bertz CT molecular complexity index is 498. The normalized spacial score (nSPS) is 10.6. The molecule has 0 amide bonds. The topological polar surface area (TPSA) is 23.9 Å². The Morgan fingerprint density at radius 2 is 1.47 bits per heavy atom. The van der Waals surface area contributed by atoms with Gasteiger partial charge in [-0.15, -0.1) is 0 Å². The first-order valence-electron chi connectivity index (χ1n) is 5.71. The summed E-state index contributed by atoms with van der Waals surface area (Å²) in [5.41, 5.74) is 2.78. The highest BCUT2D eigenvalue weighted by atomic mass is 14.4. The van der Waals surface area contributed by atoms with Gasteiger partial charge < -0.3 is 5.41 Å².